The molecule has 0 aliphatic carbocycles. The van der Waals surface area contributed by atoms with Crippen LogP contribution in [0, 0.1) is 13.8 Å². The molecule has 3 rings (SSSR count). The number of amides is 1. The van der Waals surface area contributed by atoms with Crippen molar-refractivity contribution < 1.29 is 14.1 Å². The molecule has 1 aliphatic heterocycles. The van der Waals surface area contributed by atoms with E-state index in [9.17, 15) is 4.79 Å². The van der Waals surface area contributed by atoms with Crippen LogP contribution >= 0.6 is 0 Å². The molecule has 1 fully saturated rings. The van der Waals surface area contributed by atoms with Gasteiger partial charge >= 0.3 is 0 Å². The van der Waals surface area contributed by atoms with Gasteiger partial charge in [0.2, 0.25) is 5.91 Å². The SMILES string of the molecule is Cc1noc(C)c1CC(=O)N(c1ccccc1)[C@H]1CCOC1. The van der Waals surface area contributed by atoms with Crippen molar-refractivity contribution in [2.75, 3.05) is 18.1 Å². The number of aryl methyl sites for hydroxylation is 2. The summed E-state index contributed by atoms with van der Waals surface area (Å²) in [4.78, 5) is 14.8. The number of benzene rings is 1. The van der Waals surface area contributed by atoms with E-state index < -0.39 is 0 Å². The van der Waals surface area contributed by atoms with Crippen LogP contribution in [0.15, 0.2) is 34.9 Å². The van der Waals surface area contributed by atoms with E-state index in [0.29, 0.717) is 25.4 Å². The number of anilines is 1. The smallest absolute Gasteiger partial charge is 0.231 e. The van der Waals surface area contributed by atoms with Crippen LogP contribution in [0.1, 0.15) is 23.4 Å². The summed E-state index contributed by atoms with van der Waals surface area (Å²) in [5.41, 5.74) is 2.57. The number of hydrogen-bond donors (Lipinski definition) is 0. The van der Waals surface area contributed by atoms with Gasteiger partial charge < -0.3 is 14.2 Å². The first-order valence-electron chi connectivity index (χ1n) is 7.53. The minimum atomic E-state index is 0.0519. The molecule has 1 saturated heterocycles. The lowest BCUT2D eigenvalue weighted by Gasteiger charge is -2.28. The molecular formula is C17H20N2O3. The molecule has 116 valence electrons. The normalized spacial score (nSPS) is 17.6. The Balaban J connectivity index is 1.87. The number of rotatable bonds is 4. The fraction of sp³-hybridized carbons (Fsp3) is 0.412. The van der Waals surface area contributed by atoms with Crippen LogP contribution in [0.2, 0.25) is 0 Å². The summed E-state index contributed by atoms with van der Waals surface area (Å²) in [5, 5.41) is 3.93. The van der Waals surface area contributed by atoms with Crippen LogP contribution < -0.4 is 4.90 Å². The highest BCUT2D eigenvalue weighted by Crippen LogP contribution is 2.24. The molecule has 0 radical (unpaired) electrons. The van der Waals surface area contributed by atoms with Gasteiger partial charge in [-0.05, 0) is 32.4 Å². The molecule has 0 unspecified atom stereocenters. The Kier molecular flexibility index (Phi) is 4.24. The van der Waals surface area contributed by atoms with Crippen LogP contribution in [-0.4, -0.2) is 30.3 Å². The molecule has 0 bridgehead atoms. The molecule has 1 aliphatic rings. The third-order valence-corrected chi connectivity index (χ3v) is 4.08. The van der Waals surface area contributed by atoms with Crippen molar-refractivity contribution in [3.05, 3.63) is 47.3 Å². The number of ether oxygens (including phenoxy) is 1. The summed E-state index contributed by atoms with van der Waals surface area (Å²) in [7, 11) is 0. The number of aromatic nitrogens is 1. The summed E-state index contributed by atoms with van der Waals surface area (Å²) in [6, 6.07) is 9.86. The number of carbonyl (C=O) groups is 1. The van der Waals surface area contributed by atoms with Gasteiger partial charge in [-0.15, -0.1) is 0 Å². The monoisotopic (exact) mass is 300 g/mol. The van der Waals surface area contributed by atoms with Crippen molar-refractivity contribution in [3.63, 3.8) is 0 Å². The molecule has 0 spiro atoms. The molecule has 1 atom stereocenters. The zero-order chi connectivity index (χ0) is 15.5. The highest BCUT2D eigenvalue weighted by Gasteiger charge is 2.29. The lowest BCUT2D eigenvalue weighted by molar-refractivity contribution is -0.118. The minimum absolute atomic E-state index is 0.0519. The highest BCUT2D eigenvalue weighted by molar-refractivity contribution is 5.95. The van der Waals surface area contributed by atoms with Gasteiger partial charge in [0, 0.05) is 17.9 Å². The molecule has 1 aromatic carbocycles. The van der Waals surface area contributed by atoms with Gasteiger partial charge in [0.25, 0.3) is 0 Å². The maximum Gasteiger partial charge on any atom is 0.231 e. The van der Waals surface area contributed by atoms with Crippen molar-refractivity contribution in [1.29, 1.82) is 0 Å². The second kappa shape index (κ2) is 6.32. The number of para-hydroxylation sites is 1. The molecule has 0 saturated carbocycles. The van der Waals surface area contributed by atoms with Gasteiger partial charge in [-0.2, -0.15) is 0 Å². The average Bonchev–Trinajstić information content (AvgIpc) is 3.14. The lowest BCUT2D eigenvalue weighted by atomic mass is 10.1. The Bertz CT molecular complexity index is 626. The Morgan fingerprint density at radius 2 is 2.09 bits per heavy atom. The van der Waals surface area contributed by atoms with Gasteiger partial charge in [-0.1, -0.05) is 23.4 Å². The summed E-state index contributed by atoms with van der Waals surface area (Å²) in [6.07, 6.45) is 1.16. The maximum absolute atomic E-state index is 12.9. The third kappa shape index (κ3) is 2.90. The predicted molar refractivity (Wildman–Crippen MR) is 82.8 cm³/mol. The van der Waals surface area contributed by atoms with Crippen molar-refractivity contribution >= 4 is 11.6 Å². The fourth-order valence-electron chi connectivity index (χ4n) is 2.86. The standard InChI is InChI=1S/C17H20N2O3/c1-12-16(13(2)22-18-12)10-17(20)19(15-8-9-21-11-15)14-6-4-3-5-7-14/h3-7,15H,8-11H2,1-2H3/t15-/m0/s1. The zero-order valence-electron chi connectivity index (χ0n) is 12.9. The van der Waals surface area contributed by atoms with Crippen molar-refractivity contribution in [2.24, 2.45) is 0 Å². The molecule has 22 heavy (non-hydrogen) atoms. The third-order valence-electron chi connectivity index (χ3n) is 4.08. The fourth-order valence-corrected chi connectivity index (χ4v) is 2.86. The van der Waals surface area contributed by atoms with E-state index in [1.165, 1.54) is 0 Å². The zero-order valence-corrected chi connectivity index (χ0v) is 12.9. The molecule has 1 amide bonds. The topological polar surface area (TPSA) is 55.6 Å². The minimum Gasteiger partial charge on any atom is -0.379 e. The molecule has 0 N–H and O–H groups in total. The van der Waals surface area contributed by atoms with E-state index in [2.05, 4.69) is 5.16 Å². The van der Waals surface area contributed by atoms with E-state index in [1.807, 2.05) is 49.1 Å². The summed E-state index contributed by atoms with van der Waals surface area (Å²) >= 11 is 0. The number of hydrogen-bond acceptors (Lipinski definition) is 4. The van der Waals surface area contributed by atoms with E-state index >= 15 is 0 Å². The van der Waals surface area contributed by atoms with Crippen molar-refractivity contribution in [2.45, 2.75) is 32.7 Å². The molecule has 2 heterocycles. The van der Waals surface area contributed by atoms with E-state index in [1.54, 1.807) is 0 Å². The molecule has 2 aromatic rings. The number of carbonyl (C=O) groups excluding carboxylic acids is 1. The highest BCUT2D eigenvalue weighted by atomic mass is 16.5. The first-order valence-corrected chi connectivity index (χ1v) is 7.53. The molecule has 1 aromatic heterocycles. The first kappa shape index (κ1) is 14.8. The average molecular weight is 300 g/mol. The van der Waals surface area contributed by atoms with Crippen molar-refractivity contribution in [1.82, 2.24) is 5.16 Å². The van der Waals surface area contributed by atoms with E-state index in [-0.39, 0.29) is 11.9 Å². The second-order valence-electron chi connectivity index (χ2n) is 5.60. The second-order valence-corrected chi connectivity index (χ2v) is 5.60. The van der Waals surface area contributed by atoms with E-state index in [0.717, 1.165) is 23.4 Å². The quantitative estimate of drug-likeness (QED) is 0.871. The Labute approximate surface area is 129 Å². The van der Waals surface area contributed by atoms with Crippen LogP contribution in [0.5, 0.6) is 0 Å². The van der Waals surface area contributed by atoms with Gasteiger partial charge in [0.15, 0.2) is 0 Å². The molecule has 5 nitrogen and oxygen atoms in total. The predicted octanol–water partition coefficient (Wildman–Crippen LogP) is 2.66. The molecule has 5 heteroatoms. The van der Waals surface area contributed by atoms with Gasteiger partial charge in [-0.25, -0.2) is 0 Å². The van der Waals surface area contributed by atoms with Crippen LogP contribution in [0.4, 0.5) is 5.69 Å². The van der Waals surface area contributed by atoms with Gasteiger partial charge in [-0.3, -0.25) is 4.79 Å². The maximum atomic E-state index is 12.9. The van der Waals surface area contributed by atoms with Crippen LogP contribution in [-0.2, 0) is 16.0 Å². The Morgan fingerprint density at radius 3 is 2.68 bits per heavy atom. The summed E-state index contributed by atoms with van der Waals surface area (Å²) < 4.78 is 10.6. The Hall–Kier alpha value is -2.14. The summed E-state index contributed by atoms with van der Waals surface area (Å²) in [5.74, 6) is 0.762. The molecular weight excluding hydrogens is 280 g/mol. The van der Waals surface area contributed by atoms with Crippen LogP contribution in [0.25, 0.3) is 0 Å². The van der Waals surface area contributed by atoms with Crippen LogP contribution in [0.3, 0.4) is 0 Å². The number of nitrogens with zero attached hydrogens (tertiary/aromatic N) is 2. The first-order chi connectivity index (χ1) is 10.7. The van der Waals surface area contributed by atoms with E-state index in [4.69, 9.17) is 9.26 Å². The largest absolute Gasteiger partial charge is 0.379 e. The Morgan fingerprint density at radius 1 is 1.32 bits per heavy atom. The summed E-state index contributed by atoms with van der Waals surface area (Å²) in [6.45, 7) is 4.99. The van der Waals surface area contributed by atoms with Gasteiger partial charge in [0.05, 0.1) is 24.8 Å². The lowest BCUT2D eigenvalue weighted by Crippen LogP contribution is -2.42. The van der Waals surface area contributed by atoms with Gasteiger partial charge in [0.1, 0.15) is 5.76 Å². The van der Waals surface area contributed by atoms with Crippen molar-refractivity contribution in [3.8, 4) is 0 Å².